The minimum Gasteiger partial charge on any atom is -0.466 e. The van der Waals surface area contributed by atoms with Crippen molar-refractivity contribution in [1.29, 1.82) is 0 Å². The minimum absolute atomic E-state index is 0.149. The predicted molar refractivity (Wildman–Crippen MR) is 69.1 cm³/mol. The maximum atomic E-state index is 11.2. The maximum absolute atomic E-state index is 11.2. The summed E-state index contributed by atoms with van der Waals surface area (Å²) in [5, 5.41) is 0. The van der Waals surface area contributed by atoms with Gasteiger partial charge in [-0.2, -0.15) is 0 Å². The zero-order chi connectivity index (χ0) is 11.1. The Kier molecular flexibility index (Phi) is 8.25. The van der Waals surface area contributed by atoms with Crippen molar-refractivity contribution in [2.45, 2.75) is 25.1 Å². The third-order valence-corrected chi connectivity index (χ3v) is 3.32. The molecule has 0 heterocycles. The molecule has 0 saturated heterocycles. The van der Waals surface area contributed by atoms with Gasteiger partial charge in [0.1, 0.15) is 0 Å². The molecular weight excluding hydrogens is 380 g/mol. The number of hydrogen-bond donors (Lipinski definition) is 0. The van der Waals surface area contributed by atoms with E-state index in [4.69, 9.17) is 4.74 Å². The Balaban J connectivity index is 4.01. The molecule has 0 bridgehead atoms. The number of alkyl halides is 1. The van der Waals surface area contributed by atoms with Crippen LogP contribution >= 0.6 is 47.8 Å². The average molecular weight is 393 g/mol. The number of hydrogen-bond acceptors (Lipinski definition) is 2. The standard InChI is InChI=1S/C9H13Br3O2/c1-3-14-9(13)4-6(2)7(10)5-8(11)12/h5-7H,3-4H2,1-2H3. The van der Waals surface area contributed by atoms with E-state index in [2.05, 4.69) is 47.8 Å². The van der Waals surface area contributed by atoms with Crippen molar-refractivity contribution in [3.8, 4) is 0 Å². The molecular formula is C9H13Br3O2. The first kappa shape index (κ1) is 14.6. The molecule has 0 aromatic rings. The van der Waals surface area contributed by atoms with Gasteiger partial charge in [0.25, 0.3) is 0 Å². The van der Waals surface area contributed by atoms with Crippen LogP contribution in [0.2, 0.25) is 0 Å². The fourth-order valence-electron chi connectivity index (χ4n) is 0.880. The van der Waals surface area contributed by atoms with E-state index in [1.165, 1.54) is 0 Å². The number of allylic oxidation sites excluding steroid dienone is 1. The van der Waals surface area contributed by atoms with Crippen molar-refractivity contribution < 1.29 is 9.53 Å². The molecule has 5 heteroatoms. The van der Waals surface area contributed by atoms with Crippen molar-refractivity contribution in [3.05, 3.63) is 9.47 Å². The molecule has 0 aromatic carbocycles. The lowest BCUT2D eigenvalue weighted by molar-refractivity contribution is -0.144. The zero-order valence-corrected chi connectivity index (χ0v) is 12.9. The normalized spacial score (nSPS) is 14.4. The molecule has 0 spiro atoms. The Labute approximate surface area is 110 Å². The van der Waals surface area contributed by atoms with Crippen LogP contribution in [0.15, 0.2) is 9.47 Å². The molecule has 2 unspecified atom stereocenters. The van der Waals surface area contributed by atoms with Gasteiger partial charge in [-0.25, -0.2) is 0 Å². The topological polar surface area (TPSA) is 26.3 Å². The van der Waals surface area contributed by atoms with Crippen LogP contribution in [0, 0.1) is 5.92 Å². The smallest absolute Gasteiger partial charge is 0.306 e. The molecule has 0 rings (SSSR count). The van der Waals surface area contributed by atoms with Gasteiger partial charge in [-0.3, -0.25) is 4.79 Å². The van der Waals surface area contributed by atoms with Crippen LogP contribution in [-0.4, -0.2) is 17.4 Å². The summed E-state index contributed by atoms with van der Waals surface area (Å²) in [5.41, 5.74) is 0. The summed E-state index contributed by atoms with van der Waals surface area (Å²) in [6.45, 7) is 4.25. The fraction of sp³-hybridized carbons (Fsp3) is 0.667. The van der Waals surface area contributed by atoms with Gasteiger partial charge in [-0.15, -0.1) is 0 Å². The van der Waals surface area contributed by atoms with Crippen LogP contribution in [0.5, 0.6) is 0 Å². The van der Waals surface area contributed by atoms with Crippen molar-refractivity contribution in [3.63, 3.8) is 0 Å². The van der Waals surface area contributed by atoms with E-state index < -0.39 is 0 Å². The van der Waals surface area contributed by atoms with E-state index in [0.29, 0.717) is 13.0 Å². The molecule has 0 aliphatic carbocycles. The third-order valence-electron chi connectivity index (χ3n) is 1.62. The van der Waals surface area contributed by atoms with E-state index in [9.17, 15) is 4.79 Å². The second-order valence-corrected chi connectivity index (χ2v) is 6.72. The van der Waals surface area contributed by atoms with E-state index in [0.717, 1.165) is 3.39 Å². The maximum Gasteiger partial charge on any atom is 0.306 e. The Bertz CT molecular complexity index is 212. The Morgan fingerprint density at radius 2 is 2.07 bits per heavy atom. The summed E-state index contributed by atoms with van der Waals surface area (Å²) in [6.07, 6.45) is 2.37. The lowest BCUT2D eigenvalue weighted by Crippen LogP contribution is -2.15. The van der Waals surface area contributed by atoms with Crippen LogP contribution in [0.25, 0.3) is 0 Å². The second kappa shape index (κ2) is 7.88. The molecule has 2 atom stereocenters. The van der Waals surface area contributed by atoms with Crippen LogP contribution in [0.3, 0.4) is 0 Å². The summed E-state index contributed by atoms with van der Waals surface area (Å²) < 4.78 is 5.74. The zero-order valence-electron chi connectivity index (χ0n) is 8.10. The fourth-order valence-corrected chi connectivity index (χ4v) is 2.61. The Morgan fingerprint density at radius 3 is 2.50 bits per heavy atom. The molecule has 14 heavy (non-hydrogen) atoms. The molecule has 0 amide bonds. The van der Waals surface area contributed by atoms with Gasteiger partial charge in [-0.1, -0.05) is 22.9 Å². The van der Waals surface area contributed by atoms with Gasteiger partial charge in [-0.05, 0) is 50.8 Å². The molecule has 0 N–H and O–H groups in total. The largest absolute Gasteiger partial charge is 0.466 e. The molecule has 0 aliphatic rings. The highest BCUT2D eigenvalue weighted by Crippen LogP contribution is 2.23. The third kappa shape index (κ3) is 7.01. The number of esters is 1. The van der Waals surface area contributed by atoms with Crippen LogP contribution in [-0.2, 0) is 9.53 Å². The second-order valence-electron chi connectivity index (χ2n) is 2.89. The highest BCUT2D eigenvalue weighted by molar-refractivity contribution is 9.28. The van der Waals surface area contributed by atoms with Crippen molar-refractivity contribution >= 4 is 53.8 Å². The van der Waals surface area contributed by atoms with E-state index in [-0.39, 0.29) is 16.7 Å². The van der Waals surface area contributed by atoms with Crippen LogP contribution in [0.1, 0.15) is 20.3 Å². The molecule has 82 valence electrons. The quantitative estimate of drug-likeness (QED) is 0.522. The first-order valence-corrected chi connectivity index (χ1v) is 6.80. The van der Waals surface area contributed by atoms with Crippen molar-refractivity contribution in [2.75, 3.05) is 6.61 Å². The summed E-state index contributed by atoms with van der Waals surface area (Å²) in [5.74, 6) is 0.0581. The molecule has 0 fully saturated rings. The Hall–Kier alpha value is 0.650. The molecule has 0 aliphatic heterocycles. The number of halogens is 3. The number of ether oxygens (including phenoxy) is 1. The molecule has 0 aromatic heterocycles. The van der Waals surface area contributed by atoms with Crippen molar-refractivity contribution in [2.24, 2.45) is 5.92 Å². The summed E-state index contributed by atoms with van der Waals surface area (Å²) in [7, 11) is 0. The van der Waals surface area contributed by atoms with Gasteiger partial charge in [0, 0.05) is 11.2 Å². The van der Waals surface area contributed by atoms with Gasteiger partial charge in [0.05, 0.1) is 10.00 Å². The lowest BCUT2D eigenvalue weighted by Gasteiger charge is -2.13. The first-order chi connectivity index (χ1) is 6.47. The first-order valence-electron chi connectivity index (χ1n) is 4.29. The highest BCUT2D eigenvalue weighted by atomic mass is 79.9. The lowest BCUT2D eigenvalue weighted by atomic mass is 10.0. The Morgan fingerprint density at radius 1 is 1.50 bits per heavy atom. The van der Waals surface area contributed by atoms with E-state index in [1.54, 1.807) is 0 Å². The SMILES string of the molecule is CCOC(=O)CC(C)C(Br)C=C(Br)Br. The summed E-state index contributed by atoms with van der Waals surface area (Å²) in [4.78, 5) is 11.3. The predicted octanol–water partition coefficient (Wildman–Crippen LogP) is 3.97. The van der Waals surface area contributed by atoms with Gasteiger partial charge >= 0.3 is 5.97 Å². The minimum atomic E-state index is -0.149. The number of carbonyl (C=O) groups excluding carboxylic acids is 1. The van der Waals surface area contributed by atoms with Crippen LogP contribution in [0.4, 0.5) is 0 Å². The number of rotatable bonds is 5. The van der Waals surface area contributed by atoms with Gasteiger partial charge in [0.15, 0.2) is 0 Å². The summed E-state index contributed by atoms with van der Waals surface area (Å²) in [6, 6.07) is 0. The van der Waals surface area contributed by atoms with E-state index in [1.807, 2.05) is 19.9 Å². The summed E-state index contributed by atoms with van der Waals surface area (Å²) >= 11 is 10.0. The monoisotopic (exact) mass is 390 g/mol. The van der Waals surface area contributed by atoms with Gasteiger partial charge in [0.2, 0.25) is 0 Å². The van der Waals surface area contributed by atoms with Gasteiger partial charge < -0.3 is 4.74 Å². The van der Waals surface area contributed by atoms with E-state index >= 15 is 0 Å². The van der Waals surface area contributed by atoms with Crippen LogP contribution < -0.4 is 0 Å². The molecule has 0 saturated carbocycles. The van der Waals surface area contributed by atoms with Crippen molar-refractivity contribution in [1.82, 2.24) is 0 Å². The highest BCUT2D eigenvalue weighted by Gasteiger charge is 2.16. The molecule has 0 radical (unpaired) electrons. The number of carbonyl (C=O) groups is 1. The molecule has 2 nitrogen and oxygen atoms in total. The average Bonchev–Trinajstić information content (AvgIpc) is 2.02.